The maximum atomic E-state index is 12.2. The Kier molecular flexibility index (Phi) is 3.92. The van der Waals surface area contributed by atoms with Crippen LogP contribution in [0.3, 0.4) is 0 Å². The van der Waals surface area contributed by atoms with Gasteiger partial charge in [-0.25, -0.2) is 4.98 Å². The Bertz CT molecular complexity index is 792. The molecule has 1 atom stereocenters. The highest BCUT2D eigenvalue weighted by atomic mass is 16.1. The van der Waals surface area contributed by atoms with Gasteiger partial charge in [-0.3, -0.25) is 4.79 Å². The first-order chi connectivity index (χ1) is 10.6. The molecule has 1 aromatic heterocycles. The van der Waals surface area contributed by atoms with Crippen LogP contribution in [0.25, 0.3) is 11.0 Å². The molecule has 0 radical (unpaired) electrons. The normalized spacial score (nSPS) is 12.3. The van der Waals surface area contributed by atoms with Crippen molar-refractivity contribution in [1.82, 2.24) is 14.9 Å². The number of aromatic nitrogens is 2. The minimum atomic E-state index is 0.00674. The molecule has 22 heavy (non-hydrogen) atoms. The number of hydrogen-bond acceptors (Lipinski definition) is 2. The molecule has 1 N–H and O–H groups in total. The van der Waals surface area contributed by atoms with Gasteiger partial charge < -0.3 is 9.88 Å². The lowest BCUT2D eigenvalue weighted by Gasteiger charge is -2.14. The summed E-state index contributed by atoms with van der Waals surface area (Å²) in [5, 5.41) is 3.03. The van der Waals surface area contributed by atoms with Crippen molar-refractivity contribution in [2.24, 2.45) is 7.05 Å². The van der Waals surface area contributed by atoms with Crippen LogP contribution >= 0.6 is 0 Å². The summed E-state index contributed by atoms with van der Waals surface area (Å²) in [6.45, 7) is 2.00. The number of carbonyl (C=O) groups is 1. The van der Waals surface area contributed by atoms with Gasteiger partial charge >= 0.3 is 0 Å². The van der Waals surface area contributed by atoms with Crippen LogP contribution in [0.5, 0.6) is 0 Å². The molecule has 1 unspecified atom stereocenters. The van der Waals surface area contributed by atoms with Crippen molar-refractivity contribution in [2.75, 3.05) is 0 Å². The second-order valence-electron chi connectivity index (χ2n) is 5.56. The largest absolute Gasteiger partial charge is 0.349 e. The summed E-state index contributed by atoms with van der Waals surface area (Å²) in [7, 11) is 1.96. The van der Waals surface area contributed by atoms with Crippen molar-refractivity contribution >= 4 is 16.9 Å². The minimum Gasteiger partial charge on any atom is -0.349 e. The Labute approximate surface area is 129 Å². The van der Waals surface area contributed by atoms with Crippen molar-refractivity contribution in [3.8, 4) is 0 Å². The van der Waals surface area contributed by atoms with E-state index in [4.69, 9.17) is 0 Å². The fraction of sp³-hybridized carbons (Fsp3) is 0.222. The molecule has 0 aliphatic rings. The molecule has 1 amide bonds. The molecule has 0 aliphatic heterocycles. The number of hydrogen-bond donors (Lipinski definition) is 1. The van der Waals surface area contributed by atoms with Gasteiger partial charge in [0.2, 0.25) is 5.91 Å². The number of fused-ring (bicyclic) bond motifs is 1. The van der Waals surface area contributed by atoms with Crippen LogP contribution in [-0.4, -0.2) is 15.5 Å². The SMILES string of the molecule is CC(NC(=O)Cc1ccc2c(c1)ncn2C)c1ccccc1. The van der Waals surface area contributed by atoms with Crippen LogP contribution < -0.4 is 5.32 Å². The van der Waals surface area contributed by atoms with Crippen LogP contribution in [0.15, 0.2) is 54.9 Å². The quantitative estimate of drug-likeness (QED) is 0.804. The summed E-state index contributed by atoms with van der Waals surface area (Å²) in [4.78, 5) is 16.5. The lowest BCUT2D eigenvalue weighted by atomic mass is 10.1. The van der Waals surface area contributed by atoms with Crippen molar-refractivity contribution in [3.63, 3.8) is 0 Å². The number of imidazole rings is 1. The molecule has 0 aliphatic carbocycles. The molecule has 4 heteroatoms. The van der Waals surface area contributed by atoms with E-state index in [1.54, 1.807) is 6.33 Å². The zero-order chi connectivity index (χ0) is 15.5. The van der Waals surface area contributed by atoms with Gasteiger partial charge in [-0.1, -0.05) is 36.4 Å². The standard InChI is InChI=1S/C18H19N3O/c1-13(15-6-4-3-5-7-15)20-18(22)11-14-8-9-17-16(10-14)19-12-21(17)2/h3-10,12-13H,11H2,1-2H3,(H,20,22). The lowest BCUT2D eigenvalue weighted by Crippen LogP contribution is -2.28. The molecule has 3 rings (SSSR count). The fourth-order valence-electron chi connectivity index (χ4n) is 2.59. The molecule has 0 saturated heterocycles. The Hall–Kier alpha value is -2.62. The maximum absolute atomic E-state index is 12.2. The first kappa shape index (κ1) is 14.3. The van der Waals surface area contributed by atoms with E-state index in [2.05, 4.69) is 10.3 Å². The molecule has 0 bridgehead atoms. The number of amides is 1. The molecule has 112 valence electrons. The van der Waals surface area contributed by atoms with Gasteiger partial charge in [-0.15, -0.1) is 0 Å². The van der Waals surface area contributed by atoms with Gasteiger partial charge in [-0.05, 0) is 30.2 Å². The van der Waals surface area contributed by atoms with Crippen LogP contribution in [0, 0.1) is 0 Å². The van der Waals surface area contributed by atoms with Gasteiger partial charge in [0.05, 0.1) is 29.8 Å². The number of aryl methyl sites for hydroxylation is 1. The Morgan fingerprint density at radius 3 is 2.77 bits per heavy atom. The van der Waals surface area contributed by atoms with E-state index in [1.807, 2.05) is 67.1 Å². The van der Waals surface area contributed by atoms with Crippen molar-refractivity contribution in [3.05, 3.63) is 66.0 Å². The predicted octanol–water partition coefficient (Wildman–Crippen LogP) is 2.99. The highest BCUT2D eigenvalue weighted by Crippen LogP contribution is 2.15. The van der Waals surface area contributed by atoms with Gasteiger partial charge in [0.15, 0.2) is 0 Å². The summed E-state index contributed by atoms with van der Waals surface area (Å²) >= 11 is 0. The van der Waals surface area contributed by atoms with Gasteiger partial charge in [-0.2, -0.15) is 0 Å². The number of rotatable bonds is 4. The summed E-state index contributed by atoms with van der Waals surface area (Å²) in [5.41, 5.74) is 4.07. The second kappa shape index (κ2) is 6.02. The van der Waals surface area contributed by atoms with Crippen LogP contribution in [0.4, 0.5) is 0 Å². The van der Waals surface area contributed by atoms with Gasteiger partial charge in [0.1, 0.15) is 0 Å². The lowest BCUT2D eigenvalue weighted by molar-refractivity contribution is -0.121. The average Bonchev–Trinajstić information content (AvgIpc) is 2.89. The number of carbonyl (C=O) groups excluding carboxylic acids is 1. The molecule has 3 aromatic rings. The number of nitrogens with zero attached hydrogens (tertiary/aromatic N) is 2. The monoisotopic (exact) mass is 293 g/mol. The van der Waals surface area contributed by atoms with Crippen LogP contribution in [-0.2, 0) is 18.3 Å². The smallest absolute Gasteiger partial charge is 0.224 e. The van der Waals surface area contributed by atoms with E-state index >= 15 is 0 Å². The first-order valence-electron chi connectivity index (χ1n) is 7.38. The van der Waals surface area contributed by atoms with Crippen LogP contribution in [0.1, 0.15) is 24.1 Å². The molecule has 4 nitrogen and oxygen atoms in total. The van der Waals surface area contributed by atoms with Crippen molar-refractivity contribution in [1.29, 1.82) is 0 Å². The van der Waals surface area contributed by atoms with E-state index in [0.717, 1.165) is 22.2 Å². The summed E-state index contributed by atoms with van der Waals surface area (Å²) in [6.07, 6.45) is 2.15. The Morgan fingerprint density at radius 1 is 1.23 bits per heavy atom. The zero-order valence-corrected chi connectivity index (χ0v) is 12.8. The van der Waals surface area contributed by atoms with Crippen molar-refractivity contribution in [2.45, 2.75) is 19.4 Å². The maximum Gasteiger partial charge on any atom is 0.224 e. The molecule has 0 fully saturated rings. The average molecular weight is 293 g/mol. The third kappa shape index (κ3) is 3.01. The molecular weight excluding hydrogens is 274 g/mol. The summed E-state index contributed by atoms with van der Waals surface area (Å²) < 4.78 is 1.97. The molecule has 0 saturated carbocycles. The van der Waals surface area contributed by atoms with Gasteiger partial charge in [0.25, 0.3) is 0 Å². The molecular formula is C18H19N3O. The molecule has 2 aromatic carbocycles. The first-order valence-corrected chi connectivity index (χ1v) is 7.38. The van der Waals surface area contributed by atoms with E-state index < -0.39 is 0 Å². The molecule has 1 heterocycles. The number of nitrogens with one attached hydrogen (secondary N) is 1. The highest BCUT2D eigenvalue weighted by Gasteiger charge is 2.10. The third-order valence-corrected chi connectivity index (χ3v) is 3.83. The Morgan fingerprint density at radius 2 is 2.00 bits per heavy atom. The molecule has 0 spiro atoms. The predicted molar refractivity (Wildman–Crippen MR) is 87.4 cm³/mol. The minimum absolute atomic E-state index is 0.00674. The van der Waals surface area contributed by atoms with E-state index in [9.17, 15) is 4.79 Å². The summed E-state index contributed by atoms with van der Waals surface area (Å²) in [5.74, 6) is 0.0200. The van der Waals surface area contributed by atoms with E-state index in [1.165, 1.54) is 0 Å². The third-order valence-electron chi connectivity index (χ3n) is 3.83. The van der Waals surface area contributed by atoms with E-state index in [0.29, 0.717) is 6.42 Å². The topological polar surface area (TPSA) is 46.9 Å². The zero-order valence-electron chi connectivity index (χ0n) is 12.8. The number of benzene rings is 2. The van der Waals surface area contributed by atoms with Crippen molar-refractivity contribution < 1.29 is 4.79 Å². The van der Waals surface area contributed by atoms with E-state index in [-0.39, 0.29) is 11.9 Å². The summed E-state index contributed by atoms with van der Waals surface area (Å²) in [6, 6.07) is 15.9. The van der Waals surface area contributed by atoms with Gasteiger partial charge in [0, 0.05) is 7.05 Å². The highest BCUT2D eigenvalue weighted by molar-refractivity contribution is 5.82. The fourth-order valence-corrected chi connectivity index (χ4v) is 2.59. The van der Waals surface area contributed by atoms with Crippen LogP contribution in [0.2, 0.25) is 0 Å². The Balaban J connectivity index is 1.67. The second-order valence-corrected chi connectivity index (χ2v) is 5.56.